The Balaban J connectivity index is 1.53. The molecular weight excluding hydrogens is 773 g/mol. The number of halogens is 1. The zero-order chi connectivity index (χ0) is 38.1. The first-order valence-electron chi connectivity index (χ1n) is 17.9. The number of aryl methyl sites for hydroxylation is 1. The highest BCUT2D eigenvalue weighted by Gasteiger charge is 2.55. The Morgan fingerprint density at radius 1 is 0.925 bits per heavy atom. The van der Waals surface area contributed by atoms with Gasteiger partial charge in [0.15, 0.2) is 0 Å². The number of para-hydroxylation sites is 1. The minimum Gasteiger partial charge on any atom is -0.508 e. The van der Waals surface area contributed by atoms with Crippen LogP contribution in [0.2, 0.25) is 5.04 Å². The van der Waals surface area contributed by atoms with E-state index in [4.69, 9.17) is 18.6 Å². The summed E-state index contributed by atoms with van der Waals surface area (Å²) in [4.78, 5) is 45.1. The molecule has 5 aromatic rings. The summed E-state index contributed by atoms with van der Waals surface area (Å²) in [6.07, 6.45) is 0.695. The molecule has 0 radical (unpaired) electrons. The van der Waals surface area contributed by atoms with E-state index < -0.39 is 42.2 Å². The van der Waals surface area contributed by atoms with Crippen LogP contribution in [0.5, 0.6) is 5.75 Å². The zero-order valence-electron chi connectivity index (χ0n) is 31.3. The number of hydrogen-bond acceptors (Lipinski definition) is 8. The highest BCUT2D eigenvalue weighted by molar-refractivity contribution is 9.11. The van der Waals surface area contributed by atoms with Crippen molar-refractivity contribution >= 4 is 62.1 Å². The molecule has 0 bridgehead atoms. The molecule has 0 saturated carbocycles. The number of benzene rings is 3. The fourth-order valence-electron chi connectivity index (χ4n) is 7.34. The van der Waals surface area contributed by atoms with Crippen LogP contribution in [0.3, 0.4) is 0 Å². The molecule has 0 amide bonds. The number of hydrogen-bond donors (Lipinski definition) is 0. The molecule has 3 aromatic carbocycles. The van der Waals surface area contributed by atoms with Crippen molar-refractivity contribution in [2.24, 2.45) is 0 Å². The van der Waals surface area contributed by atoms with Crippen LogP contribution in [-0.2, 0) is 30.8 Å². The highest BCUT2D eigenvalue weighted by Crippen LogP contribution is 2.39. The molecule has 1 fully saturated rings. The molecule has 280 valence electrons. The summed E-state index contributed by atoms with van der Waals surface area (Å²) < 4.78 is 28.4. The van der Waals surface area contributed by atoms with Crippen LogP contribution < -0.4 is 26.4 Å². The van der Waals surface area contributed by atoms with Crippen LogP contribution in [0.1, 0.15) is 64.7 Å². The predicted octanol–water partition coefficient (Wildman–Crippen LogP) is 7.08. The largest absolute Gasteiger partial charge is 0.508 e. The first-order valence-corrected chi connectivity index (χ1v) is 21.4. The number of carbonyl (C=O) groups is 1. The molecule has 3 heterocycles. The SMILES string of the molecule is COc1ccccc1[C@H](Cn1c(=O)n(C(C)(C)C(=O)O[Si](c2ccccc2)(c2ccccc2)C(C)(C)C)c(=O)c2c(C)c(Br)sc21)OC1CCOCC1. The Kier molecular flexibility index (Phi) is 11.4. The van der Waals surface area contributed by atoms with Gasteiger partial charge < -0.3 is 18.6 Å². The third kappa shape index (κ3) is 7.24. The number of fused-ring (bicyclic) bond motifs is 1. The summed E-state index contributed by atoms with van der Waals surface area (Å²) in [6, 6.07) is 27.2. The van der Waals surface area contributed by atoms with Gasteiger partial charge in [-0.15, -0.1) is 11.3 Å². The number of thiophene rings is 1. The monoisotopic (exact) mass is 818 g/mol. The molecule has 12 heteroatoms. The maximum absolute atomic E-state index is 15.0. The van der Waals surface area contributed by atoms with Crippen molar-refractivity contribution in [2.45, 2.75) is 83.7 Å². The van der Waals surface area contributed by atoms with E-state index in [1.54, 1.807) is 25.5 Å². The summed E-state index contributed by atoms with van der Waals surface area (Å²) >= 11 is 4.95. The van der Waals surface area contributed by atoms with Crippen molar-refractivity contribution in [1.29, 1.82) is 0 Å². The summed E-state index contributed by atoms with van der Waals surface area (Å²) in [7, 11) is -1.79. The maximum Gasteiger partial charge on any atom is 0.333 e. The Morgan fingerprint density at radius 2 is 1.49 bits per heavy atom. The van der Waals surface area contributed by atoms with E-state index in [1.807, 2.05) is 91.9 Å². The molecular formula is C41H47BrN2O7SSi. The van der Waals surface area contributed by atoms with Crippen LogP contribution >= 0.6 is 27.3 Å². The van der Waals surface area contributed by atoms with E-state index in [9.17, 15) is 9.59 Å². The average molecular weight is 820 g/mol. The first kappa shape index (κ1) is 38.9. The van der Waals surface area contributed by atoms with Crippen molar-refractivity contribution in [2.75, 3.05) is 20.3 Å². The summed E-state index contributed by atoms with van der Waals surface area (Å²) in [5.41, 5.74) is -1.43. The molecule has 1 aliphatic heterocycles. The summed E-state index contributed by atoms with van der Waals surface area (Å²) in [5.74, 6) is -0.0384. The number of nitrogens with zero attached hydrogens (tertiary/aromatic N) is 2. The molecule has 0 unspecified atom stereocenters. The van der Waals surface area contributed by atoms with Gasteiger partial charge in [0.2, 0.25) is 0 Å². The number of aromatic nitrogens is 2. The molecule has 9 nitrogen and oxygen atoms in total. The molecule has 1 aliphatic rings. The van der Waals surface area contributed by atoms with E-state index in [1.165, 1.54) is 11.3 Å². The topological polar surface area (TPSA) is 98.0 Å². The van der Waals surface area contributed by atoms with Crippen molar-refractivity contribution in [1.82, 2.24) is 9.13 Å². The lowest BCUT2D eigenvalue weighted by atomic mass is 10.0. The van der Waals surface area contributed by atoms with Gasteiger partial charge in [-0.25, -0.2) is 9.36 Å². The first-order chi connectivity index (χ1) is 25.2. The Bertz CT molecular complexity index is 2160. The fourth-order valence-corrected chi connectivity index (χ4v) is 13.5. The van der Waals surface area contributed by atoms with E-state index >= 15 is 4.79 Å². The lowest BCUT2D eigenvalue weighted by molar-refractivity contribution is -0.144. The third-order valence-corrected chi connectivity index (χ3v) is 17.3. The second-order valence-corrected chi connectivity index (χ2v) is 21.5. The van der Waals surface area contributed by atoms with Gasteiger partial charge in [0.05, 0.1) is 28.9 Å². The average Bonchev–Trinajstić information content (AvgIpc) is 3.45. The molecule has 53 heavy (non-hydrogen) atoms. The Labute approximate surface area is 323 Å². The zero-order valence-corrected chi connectivity index (χ0v) is 34.7. The summed E-state index contributed by atoms with van der Waals surface area (Å²) in [6.45, 7) is 12.5. The maximum atomic E-state index is 15.0. The van der Waals surface area contributed by atoms with E-state index in [0.717, 1.165) is 24.3 Å². The minimum atomic E-state index is -3.39. The van der Waals surface area contributed by atoms with E-state index in [-0.39, 0.29) is 12.6 Å². The van der Waals surface area contributed by atoms with Crippen molar-refractivity contribution < 1.29 is 23.4 Å². The van der Waals surface area contributed by atoms with Gasteiger partial charge in [-0.05, 0) is 76.6 Å². The van der Waals surface area contributed by atoms with Crippen LogP contribution in [0, 0.1) is 6.92 Å². The van der Waals surface area contributed by atoms with E-state index in [0.29, 0.717) is 47.6 Å². The van der Waals surface area contributed by atoms with Gasteiger partial charge in [-0.3, -0.25) is 14.2 Å². The van der Waals surface area contributed by atoms with Crippen molar-refractivity contribution in [3.63, 3.8) is 0 Å². The lowest BCUT2D eigenvalue weighted by Gasteiger charge is -2.43. The second-order valence-electron chi connectivity index (χ2n) is 15.0. The molecule has 0 N–H and O–H groups in total. The minimum absolute atomic E-state index is 0.0690. The van der Waals surface area contributed by atoms with Crippen LogP contribution in [0.4, 0.5) is 0 Å². The quantitative estimate of drug-likeness (QED) is 0.132. The molecule has 0 spiro atoms. The molecule has 0 aliphatic carbocycles. The number of rotatable bonds is 11. The highest BCUT2D eigenvalue weighted by atomic mass is 79.9. The van der Waals surface area contributed by atoms with Gasteiger partial charge in [-0.1, -0.05) is 99.6 Å². The normalized spacial score (nSPS) is 15.0. The summed E-state index contributed by atoms with van der Waals surface area (Å²) in [5, 5.41) is 1.66. The van der Waals surface area contributed by atoms with Gasteiger partial charge >= 0.3 is 20.0 Å². The lowest BCUT2D eigenvalue weighted by Crippen LogP contribution is -2.69. The van der Waals surface area contributed by atoms with Gasteiger partial charge in [-0.2, -0.15) is 0 Å². The molecule has 6 rings (SSSR count). The third-order valence-electron chi connectivity index (χ3n) is 10.2. The van der Waals surface area contributed by atoms with Gasteiger partial charge in [0.25, 0.3) is 5.56 Å². The van der Waals surface area contributed by atoms with Gasteiger partial charge in [0.1, 0.15) is 22.2 Å². The van der Waals surface area contributed by atoms with Crippen molar-refractivity contribution in [3.8, 4) is 5.75 Å². The number of carbonyl (C=O) groups excluding carboxylic acids is 1. The van der Waals surface area contributed by atoms with Crippen LogP contribution in [-0.4, -0.2) is 49.8 Å². The van der Waals surface area contributed by atoms with E-state index in [2.05, 4.69) is 36.7 Å². The van der Waals surface area contributed by atoms with Crippen molar-refractivity contribution in [3.05, 3.63) is 121 Å². The smallest absolute Gasteiger partial charge is 0.333 e. The Hall–Kier alpha value is -3.81. The number of ether oxygens (including phenoxy) is 3. The fraction of sp³-hybridized carbons (Fsp3) is 0.390. The molecule has 2 aromatic heterocycles. The predicted molar refractivity (Wildman–Crippen MR) is 216 cm³/mol. The van der Waals surface area contributed by atoms with Gasteiger partial charge in [0, 0.05) is 18.8 Å². The second kappa shape index (κ2) is 15.5. The Morgan fingerprint density at radius 3 is 2.06 bits per heavy atom. The van der Waals surface area contributed by atoms with Crippen LogP contribution in [0.15, 0.2) is 98.3 Å². The van der Waals surface area contributed by atoms with Crippen LogP contribution in [0.25, 0.3) is 10.2 Å². The number of methoxy groups -OCH3 is 1. The molecule has 1 saturated heterocycles. The molecule has 1 atom stereocenters. The standard InChI is InChI=1S/C41H47BrN2O7SSi/c1-27-34-36(45)44(41(5,6)38(46)51-53(40(2,3)4,29-16-10-8-11-17-29)30-18-12-9-13-19-30)39(47)43(37(34)52-35(27)42)26-33(50-28-22-24-49-25-23-28)31-20-14-15-21-32(31)48-7/h8-21,28,33H,22-26H2,1-7H3/t33-/m0/s1.